The quantitative estimate of drug-likeness (QED) is 0.364. The van der Waals surface area contributed by atoms with Crippen LogP contribution in [0.2, 0.25) is 0 Å². The molecule has 0 aromatic heterocycles. The summed E-state index contributed by atoms with van der Waals surface area (Å²) in [6.07, 6.45) is -0.126. The molecule has 2 aliphatic rings. The van der Waals surface area contributed by atoms with E-state index in [2.05, 4.69) is 13.5 Å². The summed E-state index contributed by atoms with van der Waals surface area (Å²) in [6, 6.07) is 0. The summed E-state index contributed by atoms with van der Waals surface area (Å²) in [5, 5.41) is 0. The molecule has 1 heterocycles. The lowest BCUT2D eigenvalue weighted by molar-refractivity contribution is -0.0440. The normalized spacial score (nSPS) is 36.4. The molecule has 2 fully saturated rings. The zero-order valence-electron chi connectivity index (χ0n) is 19.2. The summed E-state index contributed by atoms with van der Waals surface area (Å²) in [7, 11) is -4.41. The molecule has 0 radical (unpaired) electrons. The van der Waals surface area contributed by atoms with Gasteiger partial charge in [0.1, 0.15) is 11.9 Å². The van der Waals surface area contributed by atoms with Crippen LogP contribution in [0.25, 0.3) is 0 Å². The molecule has 1 aliphatic carbocycles. The Bertz CT molecular complexity index is 614. The number of ether oxygens (including phenoxy) is 3. The molecule has 0 amide bonds. The third-order valence-electron chi connectivity index (χ3n) is 5.80. The summed E-state index contributed by atoms with van der Waals surface area (Å²) in [5.41, 5.74) is 5.96. The van der Waals surface area contributed by atoms with E-state index >= 15 is 0 Å². The van der Waals surface area contributed by atoms with Crippen LogP contribution in [0, 0.1) is 17.8 Å². The molecule has 0 spiro atoms. The molecule has 8 nitrogen and oxygen atoms in total. The largest absolute Gasteiger partial charge is 0.527 e. The van der Waals surface area contributed by atoms with E-state index in [1.807, 2.05) is 34.6 Å². The van der Waals surface area contributed by atoms with Gasteiger partial charge in [0.25, 0.3) is 0 Å². The summed E-state index contributed by atoms with van der Waals surface area (Å²) < 4.78 is 41.2. The lowest BCUT2D eigenvalue weighted by Crippen LogP contribution is -2.32. The average molecular weight is 450 g/mol. The molecule has 30 heavy (non-hydrogen) atoms. The van der Waals surface area contributed by atoms with Crippen molar-refractivity contribution in [2.24, 2.45) is 23.5 Å². The monoisotopic (exact) mass is 449 g/mol. The second kappa shape index (κ2) is 10.9. The Morgan fingerprint density at radius 3 is 2.40 bits per heavy atom. The highest BCUT2D eigenvalue weighted by Crippen LogP contribution is 2.53. The van der Waals surface area contributed by atoms with Gasteiger partial charge in [0.15, 0.2) is 0 Å². The van der Waals surface area contributed by atoms with Crippen LogP contribution in [0.5, 0.6) is 0 Å². The number of rotatable bonds is 11. The van der Waals surface area contributed by atoms with Crippen LogP contribution >= 0.6 is 7.82 Å². The molecule has 0 bridgehead atoms. The van der Waals surface area contributed by atoms with Crippen LogP contribution in [0.1, 0.15) is 54.4 Å². The second-order valence-corrected chi connectivity index (χ2v) is 10.5. The molecular formula is C21H40NO7P. The predicted octanol–water partition coefficient (Wildman–Crippen LogP) is 3.63. The summed E-state index contributed by atoms with van der Waals surface area (Å²) in [6.45, 7) is 16.5. The van der Waals surface area contributed by atoms with Crippen LogP contribution in [0.15, 0.2) is 12.3 Å². The number of phosphoric acid groups is 1. The highest BCUT2D eigenvalue weighted by atomic mass is 31.2. The number of phosphoric ester groups is 1. The average Bonchev–Trinajstić information content (AvgIpc) is 3.10. The molecular weight excluding hydrogens is 409 g/mol. The molecule has 0 aromatic rings. The summed E-state index contributed by atoms with van der Waals surface area (Å²) in [4.78, 5) is 10.5. The van der Waals surface area contributed by atoms with Gasteiger partial charge in [-0.15, -0.1) is 0 Å². The van der Waals surface area contributed by atoms with Gasteiger partial charge in [0, 0.05) is 12.3 Å². The van der Waals surface area contributed by atoms with Crippen molar-refractivity contribution in [3.05, 3.63) is 12.3 Å². The fraction of sp³-hybridized carbons (Fsp3) is 0.905. The molecule has 1 saturated carbocycles. The van der Waals surface area contributed by atoms with Crippen molar-refractivity contribution in [2.75, 3.05) is 13.2 Å². The van der Waals surface area contributed by atoms with Gasteiger partial charge in [-0.3, -0.25) is 9.42 Å². The van der Waals surface area contributed by atoms with E-state index < -0.39 is 20.0 Å². The van der Waals surface area contributed by atoms with E-state index in [9.17, 15) is 9.46 Å². The maximum Gasteiger partial charge on any atom is 0.527 e. The van der Waals surface area contributed by atoms with E-state index in [-0.39, 0.29) is 47.9 Å². The Morgan fingerprint density at radius 1 is 1.17 bits per heavy atom. The molecule has 176 valence electrons. The molecule has 3 N–H and O–H groups in total. The first kappa shape index (κ1) is 25.8. The second-order valence-electron chi connectivity index (χ2n) is 9.15. The van der Waals surface area contributed by atoms with Gasteiger partial charge in [-0.25, -0.2) is 4.57 Å². The Kier molecular flexibility index (Phi) is 9.37. The molecule has 1 aliphatic heterocycles. The van der Waals surface area contributed by atoms with Gasteiger partial charge < -0.3 is 24.5 Å². The first-order valence-electron chi connectivity index (χ1n) is 11.0. The van der Waals surface area contributed by atoms with Crippen molar-refractivity contribution >= 4 is 7.82 Å². The zero-order valence-corrected chi connectivity index (χ0v) is 20.0. The first-order chi connectivity index (χ1) is 13.9. The highest BCUT2D eigenvalue weighted by Gasteiger charge is 2.46. The number of hydrogen-bond acceptors (Lipinski definition) is 7. The first-order valence-corrected chi connectivity index (χ1v) is 12.4. The van der Waals surface area contributed by atoms with Crippen LogP contribution in [0.3, 0.4) is 0 Å². The maximum atomic E-state index is 12.8. The minimum absolute atomic E-state index is 0.00808. The van der Waals surface area contributed by atoms with E-state index in [0.29, 0.717) is 26.0 Å². The minimum Gasteiger partial charge on any atom is -0.406 e. The number of hydrogen-bond donors (Lipinski definition) is 2. The minimum atomic E-state index is -4.41. The molecule has 9 heteroatoms. The topological polar surface area (TPSA) is 109 Å². The van der Waals surface area contributed by atoms with E-state index in [1.54, 1.807) is 0 Å². The fourth-order valence-corrected chi connectivity index (χ4v) is 5.50. The smallest absolute Gasteiger partial charge is 0.406 e. The highest BCUT2D eigenvalue weighted by molar-refractivity contribution is 7.47. The Morgan fingerprint density at radius 2 is 1.83 bits per heavy atom. The maximum absolute atomic E-state index is 12.8. The van der Waals surface area contributed by atoms with Crippen LogP contribution in [0.4, 0.5) is 0 Å². The zero-order chi connectivity index (χ0) is 22.6. The van der Waals surface area contributed by atoms with Gasteiger partial charge in [-0.05, 0) is 59.4 Å². The molecule has 1 saturated heterocycles. The third-order valence-corrected chi connectivity index (χ3v) is 6.81. The molecule has 2 rings (SSSR count). The van der Waals surface area contributed by atoms with Gasteiger partial charge in [-0.2, -0.15) is 0 Å². The van der Waals surface area contributed by atoms with Gasteiger partial charge in [0.05, 0.1) is 37.1 Å². The van der Waals surface area contributed by atoms with Gasteiger partial charge >= 0.3 is 7.82 Å². The Labute approximate surface area is 181 Å². The Balaban J connectivity index is 2.03. The van der Waals surface area contributed by atoms with Crippen LogP contribution in [-0.4, -0.2) is 54.7 Å². The van der Waals surface area contributed by atoms with Crippen molar-refractivity contribution in [3.8, 4) is 0 Å². The van der Waals surface area contributed by atoms with Gasteiger partial charge in [-0.1, -0.05) is 13.5 Å². The fourth-order valence-electron chi connectivity index (χ4n) is 4.47. The number of nitrogens with two attached hydrogens (primary N) is 1. The lowest BCUT2D eigenvalue weighted by atomic mass is 9.91. The lowest BCUT2D eigenvalue weighted by Gasteiger charge is -2.28. The van der Waals surface area contributed by atoms with E-state index in [1.165, 1.54) is 0 Å². The Hall–Kier alpha value is -0.470. The van der Waals surface area contributed by atoms with Crippen molar-refractivity contribution in [1.29, 1.82) is 0 Å². The molecule has 0 aromatic carbocycles. The van der Waals surface area contributed by atoms with Crippen molar-refractivity contribution in [2.45, 2.75) is 91.0 Å². The summed E-state index contributed by atoms with van der Waals surface area (Å²) >= 11 is 0. The standard InChI is InChI=1S/C21H40NO7P/c1-12(2)25-11-18-17(10-22)14(5)8-19(18)29-30(23,24)28-16(7)21-20(26-13(3)4)9-15(6)27-21/h12-15,17-21H,7-11,22H2,1-6H3,(H,23,24)/t14-,15-,17?,18-,19+,20+,21+/m0/s1. The van der Waals surface area contributed by atoms with Crippen LogP contribution in [-0.2, 0) is 27.8 Å². The predicted molar refractivity (Wildman–Crippen MR) is 115 cm³/mol. The third kappa shape index (κ3) is 7.02. The van der Waals surface area contributed by atoms with Crippen molar-refractivity contribution in [3.63, 3.8) is 0 Å². The molecule has 8 atom stereocenters. The van der Waals surface area contributed by atoms with E-state index in [0.717, 1.165) is 0 Å². The van der Waals surface area contributed by atoms with Crippen molar-refractivity contribution in [1.82, 2.24) is 0 Å². The van der Waals surface area contributed by atoms with E-state index in [4.69, 9.17) is 29.0 Å². The SMILES string of the molecule is C=C(OP(=O)(O)O[C@@H]1C[C@H](C)C(CN)[C@@H]1COC(C)C)[C@H]1O[C@@H](C)C[C@H]1OC(C)C. The van der Waals surface area contributed by atoms with Gasteiger partial charge in [0.2, 0.25) is 0 Å². The summed E-state index contributed by atoms with van der Waals surface area (Å²) in [5.74, 6) is 0.378. The van der Waals surface area contributed by atoms with Crippen LogP contribution < -0.4 is 5.73 Å². The van der Waals surface area contributed by atoms with Crippen molar-refractivity contribution < 1.29 is 32.7 Å². The molecule has 2 unspecified atom stereocenters.